The maximum Gasteiger partial charge on any atom is 0.331 e. The molecule has 2 bridgehead atoms. The maximum absolute atomic E-state index is 12.7. The summed E-state index contributed by atoms with van der Waals surface area (Å²) in [6.45, 7) is 0. The molecule has 4 atom stereocenters. The van der Waals surface area contributed by atoms with Crippen LogP contribution in [0, 0.1) is 17.8 Å². The van der Waals surface area contributed by atoms with Gasteiger partial charge in [-0.3, -0.25) is 24.6 Å². The van der Waals surface area contributed by atoms with E-state index in [2.05, 4.69) is 15.8 Å². The summed E-state index contributed by atoms with van der Waals surface area (Å²) in [4.78, 5) is 49.9. The number of carbonyl (C=O) groups excluding carboxylic acids is 4. The van der Waals surface area contributed by atoms with Crippen LogP contribution in [-0.2, 0) is 9.59 Å². The normalized spacial score (nSPS) is 30.9. The van der Waals surface area contributed by atoms with Gasteiger partial charge in [-0.2, -0.15) is 5.10 Å². The van der Waals surface area contributed by atoms with Crippen molar-refractivity contribution < 1.29 is 23.6 Å². The smallest absolute Gasteiger partial charge is 0.331 e. The van der Waals surface area contributed by atoms with Crippen LogP contribution in [0.1, 0.15) is 36.2 Å². The van der Waals surface area contributed by atoms with E-state index in [0.717, 1.165) is 31.9 Å². The highest BCUT2D eigenvalue weighted by Crippen LogP contribution is 2.47. The zero-order valence-corrected chi connectivity index (χ0v) is 13.9. The second-order valence-corrected chi connectivity index (χ2v) is 6.92. The van der Waals surface area contributed by atoms with Crippen molar-refractivity contribution in [2.45, 2.75) is 31.7 Å². The first-order valence-corrected chi connectivity index (χ1v) is 8.59. The quantitative estimate of drug-likeness (QED) is 0.470. The number of furan rings is 1. The molecule has 1 aromatic rings. The van der Waals surface area contributed by atoms with Crippen molar-refractivity contribution in [3.05, 3.63) is 24.2 Å². The molecule has 0 aromatic carbocycles. The van der Waals surface area contributed by atoms with Crippen LogP contribution in [-0.4, -0.2) is 40.9 Å². The van der Waals surface area contributed by atoms with Gasteiger partial charge in [0.2, 0.25) is 11.8 Å². The Morgan fingerprint density at radius 1 is 1.31 bits per heavy atom. The number of barbiturate groups is 1. The van der Waals surface area contributed by atoms with E-state index >= 15 is 0 Å². The number of fused-ring (bicyclic) bond motifs is 2. The van der Waals surface area contributed by atoms with E-state index in [4.69, 9.17) is 4.42 Å². The highest BCUT2D eigenvalue weighted by atomic mass is 16.3. The summed E-state index contributed by atoms with van der Waals surface area (Å²) in [7, 11) is 0. The molecule has 2 aliphatic carbocycles. The van der Waals surface area contributed by atoms with E-state index in [1.165, 1.54) is 17.2 Å². The molecule has 4 rings (SSSR count). The second kappa shape index (κ2) is 6.40. The fraction of sp³-hybridized carbons (Fsp3) is 0.471. The maximum atomic E-state index is 12.7. The number of carbonyl (C=O) groups is 4. The van der Waals surface area contributed by atoms with Gasteiger partial charge in [-0.1, -0.05) is 6.42 Å². The molecule has 5 amide bonds. The Morgan fingerprint density at radius 2 is 2.15 bits per heavy atom. The van der Waals surface area contributed by atoms with E-state index in [-0.39, 0.29) is 11.8 Å². The van der Waals surface area contributed by atoms with Crippen LogP contribution < -0.4 is 10.7 Å². The molecule has 9 heteroatoms. The van der Waals surface area contributed by atoms with Gasteiger partial charge in [0.1, 0.15) is 0 Å². The van der Waals surface area contributed by atoms with Gasteiger partial charge in [-0.05, 0) is 43.2 Å². The number of nitrogens with one attached hydrogen (secondary N) is 2. The van der Waals surface area contributed by atoms with Crippen molar-refractivity contribution in [1.82, 2.24) is 15.6 Å². The summed E-state index contributed by atoms with van der Waals surface area (Å²) < 4.78 is 4.92. The summed E-state index contributed by atoms with van der Waals surface area (Å²) >= 11 is 0. The Bertz CT molecular complexity index is 787. The minimum Gasteiger partial charge on any atom is -0.459 e. The number of urea groups is 1. The van der Waals surface area contributed by atoms with E-state index < -0.39 is 29.7 Å². The highest BCUT2D eigenvalue weighted by molar-refractivity contribution is 6.23. The van der Waals surface area contributed by atoms with Crippen LogP contribution >= 0.6 is 0 Å². The van der Waals surface area contributed by atoms with Crippen molar-refractivity contribution in [2.24, 2.45) is 22.9 Å². The highest BCUT2D eigenvalue weighted by Gasteiger charge is 2.50. The minimum atomic E-state index is -1.25. The molecular weight excluding hydrogens is 340 g/mol. The van der Waals surface area contributed by atoms with Crippen molar-refractivity contribution in [1.29, 1.82) is 0 Å². The molecule has 0 unspecified atom stereocenters. The standard InChI is InChI=1S/C17H18N4O5/c22-14-11(8-18-20-15(23)13-2-1-5-26-13)16(24)21(17(25)19-14)12-7-9-3-4-10(12)6-9/h1-2,5,8-12H,3-4,6-7H2,(H,20,23)(H,19,22,25)/b18-8-/t9-,10-,11-,12-/m0/s1. The molecule has 0 spiro atoms. The summed E-state index contributed by atoms with van der Waals surface area (Å²) in [5.41, 5.74) is 2.20. The van der Waals surface area contributed by atoms with Crippen LogP contribution in [0.5, 0.6) is 0 Å². The Balaban J connectivity index is 1.46. The van der Waals surface area contributed by atoms with Crippen LogP contribution in [0.2, 0.25) is 0 Å². The Kier molecular flexibility index (Phi) is 4.06. The van der Waals surface area contributed by atoms with Gasteiger partial charge < -0.3 is 4.42 Å². The fourth-order valence-electron chi connectivity index (χ4n) is 4.21. The van der Waals surface area contributed by atoms with E-state index in [1.807, 2.05) is 0 Å². The average Bonchev–Trinajstić information content (AvgIpc) is 3.34. The van der Waals surface area contributed by atoms with Crippen LogP contribution in [0.25, 0.3) is 0 Å². The molecule has 3 aliphatic rings. The van der Waals surface area contributed by atoms with Crippen molar-refractivity contribution in [2.75, 3.05) is 0 Å². The molecule has 2 saturated carbocycles. The lowest BCUT2D eigenvalue weighted by Gasteiger charge is -2.36. The summed E-state index contributed by atoms with van der Waals surface area (Å²) in [6.07, 6.45) is 6.33. The topological polar surface area (TPSA) is 121 Å². The molecule has 1 aromatic heterocycles. The molecule has 26 heavy (non-hydrogen) atoms. The first kappa shape index (κ1) is 16.5. The number of rotatable bonds is 4. The molecule has 9 nitrogen and oxygen atoms in total. The van der Waals surface area contributed by atoms with Gasteiger partial charge >= 0.3 is 11.9 Å². The number of imide groups is 2. The van der Waals surface area contributed by atoms with Gasteiger partial charge in [0.25, 0.3) is 0 Å². The lowest BCUT2D eigenvalue weighted by atomic mass is 9.92. The Morgan fingerprint density at radius 3 is 2.81 bits per heavy atom. The zero-order valence-electron chi connectivity index (χ0n) is 13.9. The SMILES string of the molecule is O=C(N/N=C\[C@H]1C(=O)NC(=O)N([C@H]2C[C@H]3CC[C@H]2C3)C1=O)c1ccco1. The van der Waals surface area contributed by atoms with Crippen molar-refractivity contribution >= 4 is 30.0 Å². The third-order valence-corrected chi connectivity index (χ3v) is 5.40. The van der Waals surface area contributed by atoms with E-state index in [9.17, 15) is 19.2 Å². The van der Waals surface area contributed by atoms with Gasteiger partial charge in [0.15, 0.2) is 11.7 Å². The van der Waals surface area contributed by atoms with Crippen LogP contribution in [0.4, 0.5) is 4.79 Å². The van der Waals surface area contributed by atoms with Gasteiger partial charge in [0, 0.05) is 12.3 Å². The number of amides is 5. The summed E-state index contributed by atoms with van der Waals surface area (Å²) in [5.74, 6) is -2.27. The van der Waals surface area contributed by atoms with Gasteiger partial charge in [0.05, 0.1) is 6.26 Å². The predicted molar refractivity (Wildman–Crippen MR) is 87.8 cm³/mol. The van der Waals surface area contributed by atoms with Crippen molar-refractivity contribution in [3.8, 4) is 0 Å². The third-order valence-electron chi connectivity index (χ3n) is 5.40. The number of hydrazone groups is 1. The first-order valence-electron chi connectivity index (χ1n) is 8.59. The van der Waals surface area contributed by atoms with Crippen LogP contribution in [0.15, 0.2) is 27.9 Å². The molecule has 1 aliphatic heterocycles. The number of hydrogen-bond donors (Lipinski definition) is 2. The molecule has 0 radical (unpaired) electrons. The van der Waals surface area contributed by atoms with Gasteiger partial charge in [-0.25, -0.2) is 10.2 Å². The average molecular weight is 358 g/mol. The van der Waals surface area contributed by atoms with E-state index in [0.29, 0.717) is 11.8 Å². The Labute approximate surface area is 148 Å². The third kappa shape index (κ3) is 2.79. The number of hydrogen-bond acceptors (Lipinski definition) is 6. The summed E-state index contributed by atoms with van der Waals surface area (Å²) in [6, 6.07) is 2.18. The predicted octanol–water partition coefficient (Wildman–Crippen LogP) is 0.878. The molecule has 136 valence electrons. The summed E-state index contributed by atoms with van der Waals surface area (Å²) in [5, 5.41) is 5.90. The number of nitrogens with zero attached hydrogens (tertiary/aromatic N) is 2. The van der Waals surface area contributed by atoms with E-state index in [1.54, 1.807) is 6.07 Å². The molecule has 2 heterocycles. The monoisotopic (exact) mass is 358 g/mol. The van der Waals surface area contributed by atoms with Gasteiger partial charge in [-0.15, -0.1) is 0 Å². The largest absolute Gasteiger partial charge is 0.459 e. The molecular formula is C17H18N4O5. The molecule has 1 saturated heterocycles. The lowest BCUT2D eigenvalue weighted by molar-refractivity contribution is -0.141. The Hall–Kier alpha value is -2.97. The fourth-order valence-corrected chi connectivity index (χ4v) is 4.21. The minimum absolute atomic E-state index is 0.0559. The van der Waals surface area contributed by atoms with Crippen LogP contribution in [0.3, 0.4) is 0 Å². The first-order chi connectivity index (χ1) is 12.5. The molecule has 2 N–H and O–H groups in total. The zero-order chi connectivity index (χ0) is 18.3. The second-order valence-electron chi connectivity index (χ2n) is 6.92. The van der Waals surface area contributed by atoms with Crippen molar-refractivity contribution in [3.63, 3.8) is 0 Å². The lowest BCUT2D eigenvalue weighted by Crippen LogP contribution is -2.62. The molecule has 3 fully saturated rings.